The van der Waals surface area contributed by atoms with Gasteiger partial charge in [0.25, 0.3) is 0 Å². The molecular weight excluding hydrogens is 255 g/mol. The Morgan fingerprint density at radius 3 is 2.40 bits per heavy atom. The van der Waals surface area contributed by atoms with Crippen molar-refractivity contribution in [3.63, 3.8) is 0 Å². The van der Waals surface area contributed by atoms with Crippen LogP contribution < -0.4 is 15.5 Å². The van der Waals surface area contributed by atoms with E-state index in [0.717, 1.165) is 31.9 Å². The first-order valence-corrected chi connectivity index (χ1v) is 6.70. The van der Waals surface area contributed by atoms with Crippen molar-refractivity contribution in [1.82, 2.24) is 4.98 Å². The summed E-state index contributed by atoms with van der Waals surface area (Å²) in [4.78, 5) is 8.33. The van der Waals surface area contributed by atoms with E-state index in [0.29, 0.717) is 11.5 Å². The second-order valence-electron chi connectivity index (χ2n) is 4.86. The molecule has 0 bridgehead atoms. The summed E-state index contributed by atoms with van der Waals surface area (Å²) in [6.45, 7) is 3.28. The second kappa shape index (κ2) is 5.36. The van der Waals surface area contributed by atoms with E-state index in [1.165, 1.54) is 6.07 Å². The van der Waals surface area contributed by atoms with E-state index in [1.54, 1.807) is 12.3 Å². The van der Waals surface area contributed by atoms with Crippen molar-refractivity contribution in [1.29, 1.82) is 0 Å². The Hall–Kier alpha value is -2.30. The Bertz CT molecular complexity index is 594. The van der Waals surface area contributed by atoms with Crippen LogP contribution in [0.2, 0.25) is 0 Å². The number of rotatable bonds is 2. The van der Waals surface area contributed by atoms with Gasteiger partial charge >= 0.3 is 0 Å². The Labute approximate surface area is 117 Å². The molecule has 4 nitrogen and oxygen atoms in total. The van der Waals surface area contributed by atoms with Crippen LogP contribution in [-0.2, 0) is 0 Å². The highest BCUT2D eigenvalue weighted by Crippen LogP contribution is 2.23. The predicted octanol–water partition coefficient (Wildman–Crippen LogP) is 2.13. The summed E-state index contributed by atoms with van der Waals surface area (Å²) < 4.78 is 13.8. The average Bonchev–Trinajstić information content (AvgIpc) is 2.48. The second-order valence-corrected chi connectivity index (χ2v) is 4.86. The number of halogens is 1. The van der Waals surface area contributed by atoms with Crippen LogP contribution >= 0.6 is 0 Å². The number of nitrogens with zero attached hydrogens (tertiary/aromatic N) is 3. The Balaban J connectivity index is 1.70. The Morgan fingerprint density at radius 1 is 1.00 bits per heavy atom. The zero-order chi connectivity index (χ0) is 13.9. The van der Waals surface area contributed by atoms with Crippen molar-refractivity contribution in [2.75, 3.05) is 41.7 Å². The quantitative estimate of drug-likeness (QED) is 0.909. The van der Waals surface area contributed by atoms with Gasteiger partial charge in [0.1, 0.15) is 11.6 Å². The fourth-order valence-electron chi connectivity index (χ4n) is 2.55. The van der Waals surface area contributed by atoms with E-state index in [4.69, 9.17) is 5.73 Å². The SMILES string of the molecule is Nc1cc(N2CCN(c3ccccc3F)CC2)ccn1. The standard InChI is InChI=1S/C15H17FN4/c16-13-3-1-2-4-14(13)20-9-7-19(8-10-20)12-5-6-18-15(17)11-12/h1-6,11H,7-10H2,(H2,17,18). The van der Waals surface area contributed by atoms with Gasteiger partial charge in [-0.05, 0) is 18.2 Å². The van der Waals surface area contributed by atoms with E-state index in [9.17, 15) is 4.39 Å². The lowest BCUT2D eigenvalue weighted by molar-refractivity contribution is 0.598. The molecule has 20 heavy (non-hydrogen) atoms. The van der Waals surface area contributed by atoms with Gasteiger partial charge in [0, 0.05) is 44.1 Å². The van der Waals surface area contributed by atoms with Gasteiger partial charge in [-0.15, -0.1) is 0 Å². The first-order valence-electron chi connectivity index (χ1n) is 6.70. The molecule has 0 atom stereocenters. The Morgan fingerprint density at radius 2 is 1.70 bits per heavy atom. The maximum atomic E-state index is 13.8. The van der Waals surface area contributed by atoms with Gasteiger partial charge in [-0.3, -0.25) is 0 Å². The van der Waals surface area contributed by atoms with E-state index in [2.05, 4.69) is 14.8 Å². The fourth-order valence-corrected chi connectivity index (χ4v) is 2.55. The molecule has 1 aliphatic rings. The highest BCUT2D eigenvalue weighted by molar-refractivity contribution is 5.55. The van der Waals surface area contributed by atoms with Gasteiger partial charge in [-0.2, -0.15) is 0 Å². The number of hydrogen-bond acceptors (Lipinski definition) is 4. The highest BCUT2D eigenvalue weighted by atomic mass is 19.1. The Kier molecular flexibility index (Phi) is 3.41. The van der Waals surface area contributed by atoms with Gasteiger partial charge in [0.2, 0.25) is 0 Å². The third kappa shape index (κ3) is 2.52. The number of anilines is 3. The third-order valence-electron chi connectivity index (χ3n) is 3.60. The first-order chi connectivity index (χ1) is 9.74. The molecule has 1 aromatic carbocycles. The minimum Gasteiger partial charge on any atom is -0.384 e. The predicted molar refractivity (Wildman–Crippen MR) is 79.5 cm³/mol. The molecule has 1 saturated heterocycles. The molecule has 1 fully saturated rings. The normalized spacial score (nSPS) is 15.4. The molecule has 0 radical (unpaired) electrons. The van der Waals surface area contributed by atoms with Crippen molar-refractivity contribution in [2.45, 2.75) is 0 Å². The zero-order valence-electron chi connectivity index (χ0n) is 11.2. The monoisotopic (exact) mass is 272 g/mol. The lowest BCUT2D eigenvalue weighted by atomic mass is 10.2. The lowest BCUT2D eigenvalue weighted by Gasteiger charge is -2.37. The molecule has 0 spiro atoms. The number of nitrogens with two attached hydrogens (primary N) is 1. The van der Waals surface area contributed by atoms with Crippen LogP contribution in [0, 0.1) is 5.82 Å². The number of aromatic nitrogens is 1. The maximum Gasteiger partial charge on any atom is 0.146 e. The van der Waals surface area contributed by atoms with Crippen LogP contribution in [-0.4, -0.2) is 31.2 Å². The van der Waals surface area contributed by atoms with Crippen molar-refractivity contribution in [3.8, 4) is 0 Å². The van der Waals surface area contributed by atoms with Crippen molar-refractivity contribution >= 4 is 17.2 Å². The minimum absolute atomic E-state index is 0.158. The van der Waals surface area contributed by atoms with Gasteiger partial charge < -0.3 is 15.5 Å². The molecule has 0 unspecified atom stereocenters. The fraction of sp³-hybridized carbons (Fsp3) is 0.267. The van der Waals surface area contributed by atoms with Gasteiger partial charge in [-0.25, -0.2) is 9.37 Å². The topological polar surface area (TPSA) is 45.4 Å². The minimum atomic E-state index is -0.158. The summed E-state index contributed by atoms with van der Waals surface area (Å²) in [5, 5.41) is 0. The molecule has 2 heterocycles. The molecule has 3 rings (SSSR count). The maximum absolute atomic E-state index is 13.8. The summed E-state index contributed by atoms with van der Waals surface area (Å²) in [5.41, 5.74) is 7.46. The number of para-hydroxylation sites is 1. The first kappa shape index (κ1) is 12.7. The molecule has 2 aromatic rings. The highest BCUT2D eigenvalue weighted by Gasteiger charge is 2.19. The van der Waals surface area contributed by atoms with E-state index in [-0.39, 0.29) is 5.82 Å². The van der Waals surface area contributed by atoms with E-state index in [1.807, 2.05) is 24.3 Å². The van der Waals surface area contributed by atoms with E-state index >= 15 is 0 Å². The summed E-state index contributed by atoms with van der Waals surface area (Å²) >= 11 is 0. The van der Waals surface area contributed by atoms with Gasteiger partial charge in [0.15, 0.2) is 0 Å². The summed E-state index contributed by atoms with van der Waals surface area (Å²) in [6.07, 6.45) is 1.72. The van der Waals surface area contributed by atoms with Crippen molar-refractivity contribution < 1.29 is 4.39 Å². The van der Waals surface area contributed by atoms with Crippen LogP contribution in [0.3, 0.4) is 0 Å². The molecule has 1 aliphatic heterocycles. The smallest absolute Gasteiger partial charge is 0.146 e. The molecule has 1 aromatic heterocycles. The van der Waals surface area contributed by atoms with Crippen LogP contribution in [0.5, 0.6) is 0 Å². The number of nitrogen functional groups attached to an aromatic ring is 1. The summed E-state index contributed by atoms with van der Waals surface area (Å²) in [7, 11) is 0. The molecule has 0 amide bonds. The summed E-state index contributed by atoms with van der Waals surface area (Å²) in [5.74, 6) is 0.369. The number of hydrogen-bond donors (Lipinski definition) is 1. The summed E-state index contributed by atoms with van der Waals surface area (Å²) in [6, 6.07) is 10.7. The van der Waals surface area contributed by atoms with Crippen molar-refractivity contribution in [3.05, 3.63) is 48.4 Å². The van der Waals surface area contributed by atoms with Crippen LogP contribution in [0.15, 0.2) is 42.6 Å². The number of pyridine rings is 1. The zero-order valence-corrected chi connectivity index (χ0v) is 11.2. The molecule has 0 saturated carbocycles. The molecule has 2 N–H and O–H groups in total. The third-order valence-corrected chi connectivity index (χ3v) is 3.60. The number of benzene rings is 1. The molecular formula is C15H17FN4. The van der Waals surface area contributed by atoms with Crippen LogP contribution in [0.4, 0.5) is 21.6 Å². The molecule has 5 heteroatoms. The van der Waals surface area contributed by atoms with Gasteiger partial charge in [0.05, 0.1) is 5.69 Å². The van der Waals surface area contributed by atoms with Crippen LogP contribution in [0.25, 0.3) is 0 Å². The average molecular weight is 272 g/mol. The lowest BCUT2D eigenvalue weighted by Crippen LogP contribution is -2.46. The van der Waals surface area contributed by atoms with E-state index < -0.39 is 0 Å². The van der Waals surface area contributed by atoms with Crippen molar-refractivity contribution in [2.24, 2.45) is 0 Å². The largest absolute Gasteiger partial charge is 0.384 e. The molecule has 104 valence electrons. The molecule has 0 aliphatic carbocycles. The van der Waals surface area contributed by atoms with Crippen LogP contribution in [0.1, 0.15) is 0 Å². The van der Waals surface area contributed by atoms with Gasteiger partial charge in [-0.1, -0.05) is 12.1 Å². The number of piperazine rings is 1.